The van der Waals surface area contributed by atoms with E-state index in [9.17, 15) is 18.3 Å². The minimum absolute atomic E-state index is 0.0866. The number of hydrogen-bond donors (Lipinski definition) is 2. The summed E-state index contributed by atoms with van der Waals surface area (Å²) in [6.45, 7) is 0. The molecule has 1 aliphatic heterocycles. The Morgan fingerprint density at radius 1 is 1.54 bits per heavy atom. The lowest BCUT2D eigenvalue weighted by Gasteiger charge is -2.31. The topological polar surface area (TPSA) is 108 Å². The average molecular weight is 394 g/mol. The van der Waals surface area contributed by atoms with E-state index in [0.29, 0.717) is 10.7 Å². The van der Waals surface area contributed by atoms with Gasteiger partial charge in [-0.2, -0.15) is 0 Å². The summed E-state index contributed by atoms with van der Waals surface area (Å²) in [6, 6.07) is 4.10. The third kappa shape index (κ3) is 3.32. The van der Waals surface area contributed by atoms with Crippen molar-refractivity contribution in [3.8, 4) is 0 Å². The van der Waals surface area contributed by atoms with Gasteiger partial charge >= 0.3 is 6.09 Å². The summed E-state index contributed by atoms with van der Waals surface area (Å²) in [5.41, 5.74) is -1.13. The molecule has 0 bridgehead atoms. The standard InChI is InChI=1S/C13H16ClN3O5S2/c1-15-11-17(2)13(19,7-23-11)8-4-5-9(14)10(6-8)24(20,21)16-12(18)22-3/h4-6,19H,7H2,1-3H3,(H,16,18). The number of halogens is 1. The van der Waals surface area contributed by atoms with E-state index in [1.54, 1.807) is 23.7 Å². The highest BCUT2D eigenvalue weighted by molar-refractivity contribution is 8.14. The second-order valence-corrected chi connectivity index (χ2v) is 7.91. The van der Waals surface area contributed by atoms with Crippen LogP contribution in [0.3, 0.4) is 0 Å². The van der Waals surface area contributed by atoms with E-state index in [1.807, 2.05) is 0 Å². The Bertz CT molecular complexity index is 799. The molecule has 1 aliphatic rings. The Morgan fingerprint density at radius 3 is 2.75 bits per heavy atom. The van der Waals surface area contributed by atoms with Crippen LogP contribution in [0.5, 0.6) is 0 Å². The van der Waals surface area contributed by atoms with Gasteiger partial charge in [-0.25, -0.2) is 17.9 Å². The first-order valence-corrected chi connectivity index (χ1v) is 9.47. The number of sulfonamides is 1. The molecular weight excluding hydrogens is 378 g/mol. The molecule has 0 saturated carbocycles. The lowest BCUT2D eigenvalue weighted by atomic mass is 10.0. The molecule has 0 aliphatic carbocycles. The van der Waals surface area contributed by atoms with Crippen LogP contribution in [0.4, 0.5) is 4.79 Å². The zero-order chi connectivity index (χ0) is 18.1. The largest absolute Gasteiger partial charge is 0.452 e. The number of rotatable bonds is 3. The van der Waals surface area contributed by atoms with Gasteiger partial charge in [-0.05, 0) is 12.1 Å². The van der Waals surface area contributed by atoms with Crippen molar-refractivity contribution in [3.05, 3.63) is 28.8 Å². The van der Waals surface area contributed by atoms with Crippen molar-refractivity contribution in [3.63, 3.8) is 0 Å². The molecule has 0 spiro atoms. The number of carbonyl (C=O) groups is 1. The molecule has 1 fully saturated rings. The maximum Gasteiger partial charge on any atom is 0.420 e. The molecule has 1 atom stereocenters. The molecule has 1 unspecified atom stereocenters. The SMILES string of the molecule is CN=C1SCC(O)(c2ccc(Cl)c(S(=O)(=O)NC(=O)OC)c2)N1C. The second kappa shape index (κ2) is 6.79. The van der Waals surface area contributed by atoms with Crippen LogP contribution in [0, 0.1) is 0 Å². The lowest BCUT2D eigenvalue weighted by Crippen LogP contribution is -2.42. The van der Waals surface area contributed by atoms with E-state index in [4.69, 9.17) is 11.6 Å². The van der Waals surface area contributed by atoms with Gasteiger partial charge in [0, 0.05) is 19.7 Å². The number of aliphatic imine (C=N–C) groups is 1. The van der Waals surface area contributed by atoms with Crippen molar-refractivity contribution in [2.24, 2.45) is 4.99 Å². The zero-order valence-electron chi connectivity index (χ0n) is 13.1. The molecular formula is C13H16ClN3O5S2. The lowest BCUT2D eigenvalue weighted by molar-refractivity contribution is -0.0349. The van der Waals surface area contributed by atoms with E-state index in [1.165, 1.54) is 30.0 Å². The number of hydrogen-bond acceptors (Lipinski definition) is 7. The summed E-state index contributed by atoms with van der Waals surface area (Å²) in [4.78, 5) is 16.5. The van der Waals surface area contributed by atoms with Gasteiger partial charge in [0.05, 0.1) is 17.9 Å². The van der Waals surface area contributed by atoms with Gasteiger partial charge in [-0.1, -0.05) is 29.4 Å². The number of nitrogens with zero attached hydrogens (tertiary/aromatic N) is 2. The molecule has 132 valence electrons. The van der Waals surface area contributed by atoms with Crippen molar-refractivity contribution in [2.45, 2.75) is 10.6 Å². The van der Waals surface area contributed by atoms with Crippen LogP contribution in [0.15, 0.2) is 28.1 Å². The van der Waals surface area contributed by atoms with Crippen LogP contribution in [0.1, 0.15) is 5.56 Å². The maximum absolute atomic E-state index is 12.3. The van der Waals surface area contributed by atoms with Crippen molar-refractivity contribution < 1.29 is 23.1 Å². The number of amides is 1. The van der Waals surface area contributed by atoms with Crippen molar-refractivity contribution in [1.29, 1.82) is 0 Å². The van der Waals surface area contributed by atoms with Gasteiger partial charge < -0.3 is 14.7 Å². The molecule has 1 saturated heterocycles. The highest BCUT2D eigenvalue weighted by Crippen LogP contribution is 2.39. The summed E-state index contributed by atoms with van der Waals surface area (Å²) in [5, 5.41) is 11.4. The first kappa shape index (κ1) is 18.8. The van der Waals surface area contributed by atoms with Gasteiger partial charge in [0.2, 0.25) is 0 Å². The summed E-state index contributed by atoms with van der Waals surface area (Å²) in [5.74, 6) is 0.266. The molecule has 1 amide bonds. The minimum atomic E-state index is -4.24. The Balaban J connectivity index is 2.48. The molecule has 1 aromatic carbocycles. The van der Waals surface area contributed by atoms with Gasteiger partial charge in [0.25, 0.3) is 10.0 Å². The Morgan fingerprint density at radius 2 is 2.21 bits per heavy atom. The smallest absolute Gasteiger partial charge is 0.420 e. The highest BCUT2D eigenvalue weighted by atomic mass is 35.5. The molecule has 11 heteroatoms. The molecule has 8 nitrogen and oxygen atoms in total. The summed E-state index contributed by atoms with van der Waals surface area (Å²) in [6.07, 6.45) is -1.14. The van der Waals surface area contributed by atoms with Crippen LogP contribution in [0.2, 0.25) is 5.02 Å². The van der Waals surface area contributed by atoms with E-state index in [0.717, 1.165) is 7.11 Å². The van der Waals surface area contributed by atoms with E-state index in [-0.39, 0.29) is 15.7 Å². The summed E-state index contributed by atoms with van der Waals surface area (Å²) >= 11 is 7.29. The first-order valence-electron chi connectivity index (χ1n) is 6.62. The first-order chi connectivity index (χ1) is 11.2. The summed E-state index contributed by atoms with van der Waals surface area (Å²) < 4.78 is 30.6. The van der Waals surface area contributed by atoms with Crippen molar-refractivity contribution >= 4 is 44.6 Å². The Kier molecular flexibility index (Phi) is 5.33. The van der Waals surface area contributed by atoms with Crippen LogP contribution >= 0.6 is 23.4 Å². The van der Waals surface area contributed by atoms with Gasteiger partial charge in [-0.15, -0.1) is 0 Å². The maximum atomic E-state index is 12.3. The third-order valence-electron chi connectivity index (χ3n) is 3.52. The Labute approximate surface area is 148 Å². The van der Waals surface area contributed by atoms with E-state index < -0.39 is 21.8 Å². The number of aliphatic hydroxyl groups is 1. The third-order valence-corrected chi connectivity index (χ3v) is 6.58. The fourth-order valence-electron chi connectivity index (χ4n) is 2.17. The van der Waals surface area contributed by atoms with E-state index in [2.05, 4.69) is 9.73 Å². The molecule has 1 aromatic rings. The highest BCUT2D eigenvalue weighted by Gasteiger charge is 2.43. The van der Waals surface area contributed by atoms with E-state index >= 15 is 0 Å². The average Bonchev–Trinajstić information content (AvgIpc) is 2.83. The van der Waals surface area contributed by atoms with Crippen LogP contribution in [0.25, 0.3) is 0 Å². The number of nitrogens with one attached hydrogen (secondary N) is 1. The van der Waals surface area contributed by atoms with Crippen molar-refractivity contribution in [1.82, 2.24) is 9.62 Å². The predicted octanol–water partition coefficient (Wildman–Crippen LogP) is 1.19. The number of ether oxygens (including phenoxy) is 1. The molecule has 1 heterocycles. The van der Waals surface area contributed by atoms with Gasteiger partial charge in [-0.3, -0.25) is 4.99 Å². The molecule has 24 heavy (non-hydrogen) atoms. The van der Waals surface area contributed by atoms with Gasteiger partial charge in [0.1, 0.15) is 4.90 Å². The Hall–Kier alpha value is -1.49. The minimum Gasteiger partial charge on any atom is -0.452 e. The predicted molar refractivity (Wildman–Crippen MR) is 91.7 cm³/mol. The number of amidine groups is 1. The van der Waals surface area contributed by atoms with Crippen LogP contribution in [-0.4, -0.2) is 56.6 Å². The second-order valence-electron chi connectivity index (χ2n) is 4.91. The number of carbonyl (C=O) groups excluding carboxylic acids is 1. The normalized spacial score (nSPS) is 22.7. The number of benzene rings is 1. The quantitative estimate of drug-likeness (QED) is 0.794. The van der Waals surface area contributed by atoms with Gasteiger partial charge in [0.15, 0.2) is 10.9 Å². The summed E-state index contributed by atoms with van der Waals surface area (Å²) in [7, 11) is 0.0532. The zero-order valence-corrected chi connectivity index (χ0v) is 15.5. The fraction of sp³-hybridized carbons (Fsp3) is 0.385. The molecule has 2 N–H and O–H groups in total. The molecule has 2 rings (SSSR count). The number of thioether (sulfide) groups is 1. The van der Waals surface area contributed by atoms with Crippen molar-refractivity contribution in [2.75, 3.05) is 27.0 Å². The fourth-order valence-corrected chi connectivity index (χ4v) is 4.78. The number of methoxy groups -OCH3 is 1. The monoisotopic (exact) mass is 393 g/mol. The van der Waals surface area contributed by atoms with Crippen LogP contribution < -0.4 is 4.72 Å². The molecule has 0 aromatic heterocycles. The molecule has 0 radical (unpaired) electrons. The van der Waals surface area contributed by atoms with Crippen LogP contribution in [-0.2, 0) is 20.5 Å².